The van der Waals surface area contributed by atoms with Gasteiger partial charge >= 0.3 is 5.92 Å². The number of pyridine rings is 1. The molecule has 1 aliphatic carbocycles. The van der Waals surface area contributed by atoms with Crippen molar-refractivity contribution >= 4 is 51.6 Å². The summed E-state index contributed by atoms with van der Waals surface area (Å²) in [4.78, 5) is 35.5. The number of carbonyl (C=O) groups excluding carboxylic acids is 1. The molecule has 4 heterocycles. The van der Waals surface area contributed by atoms with Crippen molar-refractivity contribution in [3.8, 4) is 5.75 Å². The number of aryl methyl sites for hydroxylation is 1. The van der Waals surface area contributed by atoms with Crippen LogP contribution in [0.15, 0.2) is 29.2 Å². The molecule has 3 aromatic rings. The molecule has 6 rings (SSSR count). The quantitative estimate of drug-likeness (QED) is 0.403. The number of anilines is 4. The van der Waals surface area contributed by atoms with Gasteiger partial charge in [0.05, 0.1) is 23.4 Å². The third kappa shape index (κ3) is 5.00. The fraction of sp³-hybridized carbons (Fsp3) is 0.481. The Hall–Kier alpha value is -3.67. The normalized spacial score (nSPS) is 22.1. The molecule has 2 aliphatic heterocycles. The van der Waals surface area contributed by atoms with Crippen molar-refractivity contribution in [2.45, 2.75) is 44.1 Å². The van der Waals surface area contributed by atoms with E-state index in [0.29, 0.717) is 59.2 Å². The molecule has 2 aromatic heterocycles. The van der Waals surface area contributed by atoms with Crippen LogP contribution < -0.4 is 31.6 Å². The molecule has 0 unspecified atom stereocenters. The summed E-state index contributed by atoms with van der Waals surface area (Å²) in [7, 11) is 1.58. The van der Waals surface area contributed by atoms with E-state index in [1.165, 1.54) is 10.8 Å². The third-order valence-electron chi connectivity index (χ3n) is 7.90. The van der Waals surface area contributed by atoms with Crippen LogP contribution >= 0.6 is 11.6 Å². The number of halogens is 3. The van der Waals surface area contributed by atoms with Gasteiger partial charge in [0.1, 0.15) is 5.02 Å². The van der Waals surface area contributed by atoms with Gasteiger partial charge in [-0.1, -0.05) is 11.6 Å². The molecule has 0 radical (unpaired) electrons. The molecule has 3 aliphatic rings. The van der Waals surface area contributed by atoms with Gasteiger partial charge in [0.2, 0.25) is 17.6 Å². The van der Waals surface area contributed by atoms with Gasteiger partial charge in [-0.3, -0.25) is 9.59 Å². The fourth-order valence-corrected chi connectivity index (χ4v) is 5.86. The molecule has 1 aromatic carbocycles. The van der Waals surface area contributed by atoms with Crippen LogP contribution in [0.25, 0.3) is 10.9 Å². The first-order valence-corrected chi connectivity index (χ1v) is 13.7. The predicted molar refractivity (Wildman–Crippen MR) is 149 cm³/mol. The number of nitrogens with two attached hydrogens (primary N) is 1. The van der Waals surface area contributed by atoms with Crippen LogP contribution in [0.5, 0.6) is 5.75 Å². The number of nitrogens with zero attached hydrogens (tertiary/aromatic N) is 4. The highest BCUT2D eigenvalue weighted by Gasteiger charge is 2.51. The summed E-state index contributed by atoms with van der Waals surface area (Å²) in [5.41, 5.74) is 6.33. The average Bonchev–Trinajstić information content (AvgIpc) is 3.76. The second-order valence-corrected chi connectivity index (χ2v) is 11.3. The van der Waals surface area contributed by atoms with Crippen LogP contribution in [0.4, 0.5) is 31.9 Å². The minimum atomic E-state index is -3.12. The number of carbonyl (C=O) groups is 1. The number of amides is 1. The Labute approximate surface area is 233 Å². The van der Waals surface area contributed by atoms with E-state index in [0.717, 1.165) is 19.4 Å². The lowest BCUT2D eigenvalue weighted by atomic mass is 9.95. The Morgan fingerprint density at radius 1 is 1.32 bits per heavy atom. The van der Waals surface area contributed by atoms with Gasteiger partial charge in [-0.05, 0) is 55.7 Å². The van der Waals surface area contributed by atoms with Crippen molar-refractivity contribution in [2.24, 2.45) is 24.6 Å². The Balaban J connectivity index is 1.34. The van der Waals surface area contributed by atoms with Crippen molar-refractivity contribution in [3.05, 3.63) is 39.8 Å². The van der Waals surface area contributed by atoms with Crippen LogP contribution in [0.3, 0.4) is 0 Å². The second-order valence-electron chi connectivity index (χ2n) is 10.9. The van der Waals surface area contributed by atoms with Gasteiger partial charge in [0, 0.05) is 37.6 Å². The number of alkyl halides is 2. The smallest absolute Gasteiger partial charge is 0.301 e. The zero-order valence-corrected chi connectivity index (χ0v) is 22.7. The molecule has 40 heavy (non-hydrogen) atoms. The van der Waals surface area contributed by atoms with Crippen LogP contribution in [0, 0.1) is 11.8 Å². The number of piperidine rings is 1. The highest BCUT2D eigenvalue weighted by Crippen LogP contribution is 2.45. The number of aromatic nitrogens is 3. The Morgan fingerprint density at radius 3 is 2.88 bits per heavy atom. The first kappa shape index (κ1) is 26.5. The highest BCUT2D eigenvalue weighted by atomic mass is 35.5. The average molecular weight is 574 g/mol. The number of fused-ring (bicyclic) bond motifs is 3. The largest absolute Gasteiger partial charge is 0.480 e. The van der Waals surface area contributed by atoms with Crippen LogP contribution in [0.2, 0.25) is 5.02 Å². The second kappa shape index (κ2) is 10.1. The number of ether oxygens (including phenoxy) is 1. The molecule has 4 N–H and O–H groups in total. The van der Waals surface area contributed by atoms with E-state index in [9.17, 15) is 18.4 Å². The summed E-state index contributed by atoms with van der Waals surface area (Å²) in [6.07, 6.45) is 5.02. The topological polar surface area (TPSA) is 127 Å². The van der Waals surface area contributed by atoms with E-state index in [-0.39, 0.29) is 29.2 Å². The van der Waals surface area contributed by atoms with E-state index >= 15 is 0 Å². The summed E-state index contributed by atoms with van der Waals surface area (Å²) >= 11 is 6.45. The zero-order valence-electron chi connectivity index (χ0n) is 21.9. The molecular weight excluding hydrogens is 544 g/mol. The van der Waals surface area contributed by atoms with Gasteiger partial charge in [0.15, 0.2) is 12.4 Å². The molecule has 1 amide bonds. The highest BCUT2D eigenvalue weighted by molar-refractivity contribution is 6.33. The van der Waals surface area contributed by atoms with E-state index in [1.807, 2.05) is 4.90 Å². The van der Waals surface area contributed by atoms with E-state index in [1.54, 1.807) is 25.2 Å². The number of primary amides is 1. The van der Waals surface area contributed by atoms with Crippen molar-refractivity contribution in [1.29, 1.82) is 0 Å². The van der Waals surface area contributed by atoms with Gasteiger partial charge in [0.25, 0.3) is 5.56 Å². The van der Waals surface area contributed by atoms with Crippen molar-refractivity contribution in [2.75, 3.05) is 35.2 Å². The lowest BCUT2D eigenvalue weighted by Gasteiger charge is -2.32. The number of rotatable bonds is 6. The molecule has 2 fully saturated rings. The number of benzene rings is 1. The molecular formula is C27H30ClF2N7O3. The Morgan fingerprint density at radius 2 is 2.12 bits per heavy atom. The van der Waals surface area contributed by atoms with Crippen LogP contribution in [0.1, 0.15) is 32.1 Å². The molecule has 2 atom stereocenters. The summed E-state index contributed by atoms with van der Waals surface area (Å²) in [5, 5.41) is 7.06. The van der Waals surface area contributed by atoms with E-state index in [2.05, 4.69) is 20.6 Å². The first-order valence-electron chi connectivity index (χ1n) is 13.4. The number of hydrogen-bond acceptors (Lipinski definition) is 8. The van der Waals surface area contributed by atoms with E-state index < -0.39 is 24.1 Å². The Bertz CT molecular complexity index is 1540. The maximum atomic E-state index is 14.9. The summed E-state index contributed by atoms with van der Waals surface area (Å²) < 4.78 is 36.7. The molecule has 212 valence electrons. The standard InChI is InChI=1S/C27H30ClF2N7O3/c1-36-19-7-6-16(10-17(19)21-22(25(36)39)40-13-27(29,30)23(34-21)15-4-5-15)33-24-18(28)11-32-26(35-24)37-8-2-3-14(12-37)9-20(31)38/h6-7,10-11,14-15,23,34H,2-5,8-9,12-13H2,1H3,(H2,31,38)(H,32,33,35)/t14-,23-/m0/s1. The minimum absolute atomic E-state index is 0.118. The van der Waals surface area contributed by atoms with Crippen LogP contribution in [-0.2, 0) is 11.8 Å². The van der Waals surface area contributed by atoms with Gasteiger partial charge < -0.3 is 30.6 Å². The minimum Gasteiger partial charge on any atom is -0.480 e. The third-order valence-corrected chi connectivity index (χ3v) is 8.17. The molecule has 10 nitrogen and oxygen atoms in total. The summed E-state index contributed by atoms with van der Waals surface area (Å²) in [6.45, 7) is 0.493. The Kier molecular flexibility index (Phi) is 6.68. The molecule has 1 saturated heterocycles. The zero-order chi connectivity index (χ0) is 28.2. The van der Waals surface area contributed by atoms with E-state index in [4.69, 9.17) is 22.1 Å². The van der Waals surface area contributed by atoms with Gasteiger partial charge in [-0.2, -0.15) is 4.98 Å². The first-order chi connectivity index (χ1) is 19.1. The van der Waals surface area contributed by atoms with Crippen LogP contribution in [-0.4, -0.2) is 52.1 Å². The van der Waals surface area contributed by atoms with Crippen molar-refractivity contribution in [3.63, 3.8) is 0 Å². The molecule has 0 spiro atoms. The summed E-state index contributed by atoms with van der Waals surface area (Å²) in [6, 6.07) is 4.15. The monoisotopic (exact) mass is 573 g/mol. The molecule has 1 saturated carbocycles. The van der Waals surface area contributed by atoms with Gasteiger partial charge in [-0.25, -0.2) is 13.8 Å². The van der Waals surface area contributed by atoms with Gasteiger partial charge in [-0.15, -0.1) is 0 Å². The maximum Gasteiger partial charge on any atom is 0.301 e. The fourth-order valence-electron chi connectivity index (χ4n) is 5.72. The number of hydrogen-bond donors (Lipinski definition) is 3. The molecule has 0 bridgehead atoms. The maximum absolute atomic E-state index is 14.9. The lowest BCUT2D eigenvalue weighted by Crippen LogP contribution is -2.44. The SMILES string of the molecule is Cn1c(=O)c2c(c3cc(Nc4nc(N5CCC[C@@H](CC(N)=O)C5)ncc4Cl)ccc31)N[C@@H](C1CC1)C(F)(F)CO2. The number of nitrogens with one attached hydrogen (secondary N) is 2. The van der Waals surface area contributed by atoms with Crippen molar-refractivity contribution < 1.29 is 18.3 Å². The summed E-state index contributed by atoms with van der Waals surface area (Å²) in [5.74, 6) is -2.78. The molecule has 13 heteroatoms. The lowest BCUT2D eigenvalue weighted by molar-refractivity contribution is -0.119. The predicted octanol–water partition coefficient (Wildman–Crippen LogP) is 4.04. The van der Waals surface area contributed by atoms with Crippen molar-refractivity contribution in [1.82, 2.24) is 14.5 Å².